The Kier molecular flexibility index (Phi) is 7.45. The van der Waals surface area contributed by atoms with E-state index in [4.69, 9.17) is 9.47 Å². The molecule has 1 amide bonds. The second kappa shape index (κ2) is 10.4. The summed E-state index contributed by atoms with van der Waals surface area (Å²) in [6.07, 6.45) is 0. The second-order valence-electron chi connectivity index (χ2n) is 6.53. The average Bonchev–Trinajstić information content (AvgIpc) is 2.78. The third kappa shape index (κ3) is 6.08. The highest BCUT2D eigenvalue weighted by Gasteiger charge is 2.20. The zero-order valence-electron chi connectivity index (χ0n) is 17.2. The van der Waals surface area contributed by atoms with Crippen molar-refractivity contribution in [3.63, 3.8) is 0 Å². The molecule has 32 heavy (non-hydrogen) atoms. The number of hydrogen-bond donors (Lipinski definition) is 2. The van der Waals surface area contributed by atoms with E-state index in [2.05, 4.69) is 15.3 Å². The Morgan fingerprint density at radius 3 is 2.69 bits per heavy atom. The van der Waals surface area contributed by atoms with Gasteiger partial charge >= 0.3 is 0 Å². The van der Waals surface area contributed by atoms with Crippen LogP contribution in [0.2, 0.25) is 0 Å². The number of hydrogen-bond acceptors (Lipinski definition) is 8. The molecule has 3 rings (SSSR count). The number of methoxy groups -OCH3 is 1. The number of rotatable bonds is 9. The van der Waals surface area contributed by atoms with Crippen molar-refractivity contribution >= 4 is 29.0 Å². The SMILES string of the molecule is COc1ccc([N+](=O)[O-])cc1NC(=O)C(C)Sc1nc(COc2ccccc2)cc(=O)[nH]1. The quantitative estimate of drug-likeness (QED) is 0.216. The van der Waals surface area contributed by atoms with E-state index < -0.39 is 16.1 Å². The van der Waals surface area contributed by atoms with Crippen molar-refractivity contribution in [2.24, 2.45) is 0 Å². The number of nitro groups is 1. The number of carbonyl (C=O) groups excluding carboxylic acids is 1. The fourth-order valence-corrected chi connectivity index (χ4v) is 3.48. The predicted octanol–water partition coefficient (Wildman–Crippen LogP) is 3.39. The molecule has 3 aromatic rings. The van der Waals surface area contributed by atoms with E-state index in [-0.39, 0.29) is 34.4 Å². The van der Waals surface area contributed by atoms with Gasteiger partial charge in [0, 0.05) is 18.2 Å². The number of anilines is 1. The normalized spacial score (nSPS) is 11.4. The summed E-state index contributed by atoms with van der Waals surface area (Å²) in [5, 5.41) is 13.2. The van der Waals surface area contributed by atoms with E-state index in [0.29, 0.717) is 11.4 Å². The van der Waals surface area contributed by atoms with Gasteiger partial charge in [0.05, 0.1) is 28.7 Å². The maximum atomic E-state index is 12.6. The fourth-order valence-electron chi connectivity index (χ4n) is 2.65. The van der Waals surface area contributed by atoms with Gasteiger partial charge in [0.25, 0.3) is 11.2 Å². The molecular weight excluding hydrogens is 436 g/mol. The van der Waals surface area contributed by atoms with Crippen LogP contribution in [0.25, 0.3) is 0 Å². The molecule has 2 aromatic carbocycles. The summed E-state index contributed by atoms with van der Waals surface area (Å²) in [6, 6.07) is 14.3. The van der Waals surface area contributed by atoms with E-state index in [1.165, 1.54) is 31.4 Å². The number of thioether (sulfide) groups is 1. The molecule has 0 spiro atoms. The summed E-state index contributed by atoms with van der Waals surface area (Å²) in [5.74, 6) is 0.484. The van der Waals surface area contributed by atoms with E-state index in [1.54, 1.807) is 19.1 Å². The lowest BCUT2D eigenvalue weighted by atomic mass is 10.2. The van der Waals surface area contributed by atoms with Crippen LogP contribution in [-0.2, 0) is 11.4 Å². The summed E-state index contributed by atoms with van der Waals surface area (Å²) in [4.78, 5) is 42.0. The molecule has 0 bridgehead atoms. The van der Waals surface area contributed by atoms with Gasteiger partial charge in [0.15, 0.2) is 5.16 Å². The summed E-state index contributed by atoms with van der Waals surface area (Å²) in [5.41, 5.74) is 0.0272. The number of non-ortho nitro benzene ring substituents is 1. The maximum absolute atomic E-state index is 12.6. The number of nitrogens with zero attached hydrogens (tertiary/aromatic N) is 2. The molecule has 0 aliphatic rings. The van der Waals surface area contributed by atoms with E-state index in [1.807, 2.05) is 18.2 Å². The van der Waals surface area contributed by atoms with E-state index >= 15 is 0 Å². The smallest absolute Gasteiger partial charge is 0.271 e. The van der Waals surface area contributed by atoms with Gasteiger partial charge in [-0.05, 0) is 25.1 Å². The monoisotopic (exact) mass is 456 g/mol. The minimum absolute atomic E-state index is 0.0902. The molecule has 0 saturated heterocycles. The average molecular weight is 456 g/mol. The molecule has 166 valence electrons. The van der Waals surface area contributed by atoms with Gasteiger partial charge in [-0.2, -0.15) is 0 Å². The van der Waals surface area contributed by atoms with Crippen molar-refractivity contribution in [3.8, 4) is 11.5 Å². The van der Waals surface area contributed by atoms with Gasteiger partial charge in [0.2, 0.25) is 5.91 Å². The number of carbonyl (C=O) groups is 1. The Morgan fingerprint density at radius 1 is 1.25 bits per heavy atom. The number of benzene rings is 2. The summed E-state index contributed by atoms with van der Waals surface area (Å²) in [7, 11) is 1.40. The first-order chi connectivity index (χ1) is 15.4. The molecule has 0 saturated carbocycles. The molecule has 0 fully saturated rings. The van der Waals surface area contributed by atoms with Gasteiger partial charge in [-0.3, -0.25) is 19.7 Å². The van der Waals surface area contributed by atoms with Crippen LogP contribution in [0.1, 0.15) is 12.6 Å². The number of amides is 1. The number of H-pyrrole nitrogens is 1. The zero-order chi connectivity index (χ0) is 23.1. The minimum atomic E-state index is -0.674. The number of nitrogens with one attached hydrogen (secondary N) is 2. The van der Waals surface area contributed by atoms with Gasteiger partial charge in [0.1, 0.15) is 18.1 Å². The van der Waals surface area contributed by atoms with Gasteiger partial charge in [-0.15, -0.1) is 0 Å². The topological polar surface area (TPSA) is 136 Å². The second-order valence-corrected chi connectivity index (χ2v) is 7.86. The minimum Gasteiger partial charge on any atom is -0.495 e. The molecule has 1 heterocycles. The molecular formula is C21H20N4O6S. The van der Waals surface area contributed by atoms with Crippen molar-refractivity contribution < 1.29 is 19.2 Å². The number of aromatic amines is 1. The highest BCUT2D eigenvalue weighted by Crippen LogP contribution is 2.30. The first kappa shape index (κ1) is 22.8. The third-order valence-electron chi connectivity index (χ3n) is 4.21. The first-order valence-electron chi connectivity index (χ1n) is 9.43. The van der Waals surface area contributed by atoms with Crippen molar-refractivity contribution in [3.05, 3.63) is 80.8 Å². The van der Waals surface area contributed by atoms with E-state index in [9.17, 15) is 19.7 Å². The molecule has 0 aliphatic carbocycles. The highest BCUT2D eigenvalue weighted by molar-refractivity contribution is 8.00. The Balaban J connectivity index is 1.69. The molecule has 2 N–H and O–H groups in total. The van der Waals surface area contributed by atoms with Crippen molar-refractivity contribution in [2.45, 2.75) is 23.9 Å². The largest absolute Gasteiger partial charge is 0.495 e. The van der Waals surface area contributed by atoms with Crippen molar-refractivity contribution in [2.75, 3.05) is 12.4 Å². The van der Waals surface area contributed by atoms with Crippen LogP contribution in [0.4, 0.5) is 11.4 Å². The summed E-state index contributed by atoms with van der Waals surface area (Å²) >= 11 is 1.04. The Labute approximate surface area is 187 Å². The molecule has 0 aliphatic heterocycles. The molecule has 11 heteroatoms. The van der Waals surface area contributed by atoms with Crippen LogP contribution in [0.3, 0.4) is 0 Å². The Morgan fingerprint density at radius 2 is 2.00 bits per heavy atom. The van der Waals surface area contributed by atoms with Crippen LogP contribution in [-0.4, -0.2) is 33.2 Å². The van der Waals surface area contributed by atoms with Gasteiger partial charge in [-0.1, -0.05) is 30.0 Å². The standard InChI is InChI=1S/C21H20N4O6S/c1-13(20(27)23-17-11-15(25(28)29)8-9-18(17)30-2)32-21-22-14(10-19(26)24-21)12-31-16-6-4-3-5-7-16/h3-11,13H,12H2,1-2H3,(H,23,27)(H,22,24,26). The zero-order valence-corrected chi connectivity index (χ0v) is 18.0. The van der Waals surface area contributed by atoms with E-state index in [0.717, 1.165) is 11.8 Å². The van der Waals surface area contributed by atoms with Crippen molar-refractivity contribution in [1.82, 2.24) is 9.97 Å². The fraction of sp³-hybridized carbons (Fsp3) is 0.190. The van der Waals surface area contributed by atoms with Crippen LogP contribution < -0.4 is 20.3 Å². The highest BCUT2D eigenvalue weighted by atomic mass is 32.2. The van der Waals surface area contributed by atoms with Crippen LogP contribution >= 0.6 is 11.8 Å². The molecule has 1 unspecified atom stereocenters. The van der Waals surface area contributed by atoms with Crippen LogP contribution in [0.5, 0.6) is 11.5 Å². The van der Waals surface area contributed by atoms with Gasteiger partial charge in [-0.25, -0.2) is 4.98 Å². The number of para-hydroxylation sites is 1. The molecule has 1 aromatic heterocycles. The lowest BCUT2D eigenvalue weighted by Crippen LogP contribution is -2.23. The molecule has 0 radical (unpaired) electrons. The predicted molar refractivity (Wildman–Crippen MR) is 119 cm³/mol. The Hall–Kier alpha value is -3.86. The van der Waals surface area contributed by atoms with Crippen molar-refractivity contribution in [1.29, 1.82) is 0 Å². The molecule has 1 atom stereocenters. The summed E-state index contributed by atoms with van der Waals surface area (Å²) < 4.78 is 10.8. The first-order valence-corrected chi connectivity index (χ1v) is 10.3. The third-order valence-corrected chi connectivity index (χ3v) is 5.20. The maximum Gasteiger partial charge on any atom is 0.271 e. The van der Waals surface area contributed by atoms with Gasteiger partial charge < -0.3 is 19.8 Å². The molecule has 10 nitrogen and oxygen atoms in total. The number of nitro benzene ring substituents is 1. The lowest BCUT2D eigenvalue weighted by molar-refractivity contribution is -0.384. The van der Waals surface area contributed by atoms with Crippen LogP contribution in [0, 0.1) is 10.1 Å². The van der Waals surface area contributed by atoms with Crippen LogP contribution in [0.15, 0.2) is 64.5 Å². The lowest BCUT2D eigenvalue weighted by Gasteiger charge is -2.14. The Bertz CT molecular complexity index is 1170. The number of ether oxygens (including phenoxy) is 2. The summed E-state index contributed by atoms with van der Waals surface area (Å²) in [6.45, 7) is 1.71. The number of aromatic nitrogens is 2.